The molecule has 0 bridgehead atoms. The molecule has 0 aliphatic heterocycles. The second kappa shape index (κ2) is 5.12. The summed E-state index contributed by atoms with van der Waals surface area (Å²) in [5, 5.41) is 9.13. The van der Waals surface area contributed by atoms with E-state index in [0.29, 0.717) is 0 Å². The Labute approximate surface area is 96.3 Å². The van der Waals surface area contributed by atoms with Gasteiger partial charge in [-0.15, -0.1) is 0 Å². The van der Waals surface area contributed by atoms with Crippen LogP contribution in [0.5, 0.6) is 0 Å². The minimum absolute atomic E-state index is 0.142. The molecule has 1 unspecified atom stereocenters. The molecule has 1 aromatic rings. The van der Waals surface area contributed by atoms with Crippen molar-refractivity contribution in [1.82, 2.24) is 0 Å². The average Bonchev–Trinajstić information content (AvgIpc) is 2.24. The Kier molecular flexibility index (Phi) is 4.07. The molecule has 0 aliphatic carbocycles. The van der Waals surface area contributed by atoms with Gasteiger partial charge in [0.05, 0.1) is 5.92 Å². The fourth-order valence-electron chi connectivity index (χ4n) is 1.89. The topological polar surface area (TPSA) is 63.3 Å². The second-order valence-electron chi connectivity index (χ2n) is 4.11. The molecule has 0 aromatic heterocycles. The quantitative estimate of drug-likeness (QED) is 0.817. The van der Waals surface area contributed by atoms with E-state index in [2.05, 4.69) is 13.0 Å². The van der Waals surface area contributed by atoms with Crippen molar-refractivity contribution >= 4 is 5.97 Å². The Morgan fingerprint density at radius 1 is 1.44 bits per heavy atom. The van der Waals surface area contributed by atoms with E-state index in [-0.39, 0.29) is 6.54 Å². The number of benzene rings is 1. The van der Waals surface area contributed by atoms with Crippen LogP contribution in [-0.2, 0) is 11.2 Å². The molecule has 3 heteroatoms. The Hall–Kier alpha value is -1.35. The molecule has 16 heavy (non-hydrogen) atoms. The van der Waals surface area contributed by atoms with Gasteiger partial charge in [-0.2, -0.15) is 0 Å². The zero-order valence-electron chi connectivity index (χ0n) is 10.1. The van der Waals surface area contributed by atoms with Gasteiger partial charge in [0.2, 0.25) is 0 Å². The highest BCUT2D eigenvalue weighted by Gasteiger charge is 2.20. The number of carbonyl (C=O) groups is 1. The van der Waals surface area contributed by atoms with Gasteiger partial charge in [0.25, 0.3) is 0 Å². The van der Waals surface area contributed by atoms with Gasteiger partial charge in [-0.1, -0.05) is 19.1 Å². The largest absolute Gasteiger partial charge is 0.481 e. The SMILES string of the molecule is CCc1cc(C)c(C)c(C(CN)C(=O)O)c1. The molecule has 3 nitrogen and oxygen atoms in total. The summed E-state index contributed by atoms with van der Waals surface area (Å²) >= 11 is 0. The Morgan fingerprint density at radius 2 is 2.06 bits per heavy atom. The van der Waals surface area contributed by atoms with Crippen molar-refractivity contribution in [1.29, 1.82) is 0 Å². The number of rotatable bonds is 4. The molecule has 3 N–H and O–H groups in total. The van der Waals surface area contributed by atoms with Crippen molar-refractivity contribution in [3.63, 3.8) is 0 Å². The van der Waals surface area contributed by atoms with Crippen molar-refractivity contribution in [3.05, 3.63) is 34.4 Å². The van der Waals surface area contributed by atoms with E-state index >= 15 is 0 Å². The summed E-state index contributed by atoms with van der Waals surface area (Å²) in [5.74, 6) is -1.44. The first-order valence-corrected chi connectivity index (χ1v) is 5.54. The maximum Gasteiger partial charge on any atom is 0.312 e. The van der Waals surface area contributed by atoms with E-state index in [1.165, 1.54) is 0 Å². The molecule has 1 aromatic carbocycles. The van der Waals surface area contributed by atoms with Gasteiger partial charge in [0.15, 0.2) is 0 Å². The maximum atomic E-state index is 11.1. The van der Waals surface area contributed by atoms with Crippen LogP contribution in [-0.4, -0.2) is 17.6 Å². The third-order valence-corrected chi connectivity index (χ3v) is 3.08. The number of carboxylic acids is 1. The summed E-state index contributed by atoms with van der Waals surface area (Å²) in [7, 11) is 0. The lowest BCUT2D eigenvalue weighted by Gasteiger charge is -2.16. The van der Waals surface area contributed by atoms with Crippen molar-refractivity contribution in [2.45, 2.75) is 33.1 Å². The van der Waals surface area contributed by atoms with Gasteiger partial charge < -0.3 is 10.8 Å². The van der Waals surface area contributed by atoms with Crippen LogP contribution in [0.15, 0.2) is 12.1 Å². The molecule has 0 fully saturated rings. The monoisotopic (exact) mass is 221 g/mol. The smallest absolute Gasteiger partial charge is 0.312 e. The molecule has 0 saturated carbocycles. The van der Waals surface area contributed by atoms with E-state index in [1.807, 2.05) is 19.9 Å². The molecule has 1 rings (SSSR count). The molecule has 0 heterocycles. The lowest BCUT2D eigenvalue weighted by atomic mass is 9.90. The highest BCUT2D eigenvalue weighted by molar-refractivity contribution is 5.77. The van der Waals surface area contributed by atoms with Crippen LogP contribution in [0.3, 0.4) is 0 Å². The Bertz CT molecular complexity index is 399. The zero-order chi connectivity index (χ0) is 12.3. The third-order valence-electron chi connectivity index (χ3n) is 3.08. The van der Waals surface area contributed by atoms with E-state index in [0.717, 1.165) is 28.7 Å². The van der Waals surface area contributed by atoms with E-state index < -0.39 is 11.9 Å². The van der Waals surface area contributed by atoms with Gasteiger partial charge >= 0.3 is 5.97 Å². The fourth-order valence-corrected chi connectivity index (χ4v) is 1.89. The van der Waals surface area contributed by atoms with Crippen molar-refractivity contribution in [3.8, 4) is 0 Å². The average molecular weight is 221 g/mol. The van der Waals surface area contributed by atoms with Crippen LogP contribution in [0.25, 0.3) is 0 Å². The predicted molar refractivity (Wildman–Crippen MR) is 64.7 cm³/mol. The molecule has 1 atom stereocenters. The summed E-state index contributed by atoms with van der Waals surface area (Å²) in [4.78, 5) is 11.1. The molecule has 0 amide bonds. The fraction of sp³-hybridized carbons (Fsp3) is 0.462. The number of carboxylic acid groups (broad SMARTS) is 1. The Morgan fingerprint density at radius 3 is 2.50 bits per heavy atom. The van der Waals surface area contributed by atoms with Crippen molar-refractivity contribution in [2.24, 2.45) is 5.73 Å². The number of aliphatic carboxylic acids is 1. The normalized spacial score (nSPS) is 12.5. The van der Waals surface area contributed by atoms with Crippen LogP contribution in [0, 0.1) is 13.8 Å². The molecular weight excluding hydrogens is 202 g/mol. The summed E-state index contributed by atoms with van der Waals surface area (Å²) in [6.45, 7) is 6.16. The first kappa shape index (κ1) is 12.7. The highest BCUT2D eigenvalue weighted by atomic mass is 16.4. The minimum Gasteiger partial charge on any atom is -0.481 e. The van der Waals surface area contributed by atoms with Crippen LogP contribution in [0.1, 0.15) is 35.1 Å². The number of hydrogen-bond acceptors (Lipinski definition) is 2. The molecular formula is C13H19NO2. The Balaban J connectivity index is 3.30. The molecule has 0 aliphatic rings. The van der Waals surface area contributed by atoms with E-state index in [4.69, 9.17) is 10.8 Å². The van der Waals surface area contributed by atoms with Gasteiger partial charge in [0.1, 0.15) is 0 Å². The second-order valence-corrected chi connectivity index (χ2v) is 4.11. The summed E-state index contributed by atoms with van der Waals surface area (Å²) in [5.41, 5.74) is 9.72. The molecule has 0 spiro atoms. The van der Waals surface area contributed by atoms with Crippen molar-refractivity contribution in [2.75, 3.05) is 6.54 Å². The van der Waals surface area contributed by atoms with Gasteiger partial charge in [0, 0.05) is 6.54 Å². The summed E-state index contributed by atoms with van der Waals surface area (Å²) < 4.78 is 0. The standard InChI is InChI=1S/C13H19NO2/c1-4-10-5-8(2)9(3)11(6-10)12(7-14)13(15)16/h5-6,12H,4,7,14H2,1-3H3,(H,15,16). The van der Waals surface area contributed by atoms with Gasteiger partial charge in [-0.05, 0) is 42.5 Å². The molecule has 0 radical (unpaired) electrons. The van der Waals surface area contributed by atoms with E-state index in [9.17, 15) is 4.79 Å². The highest BCUT2D eigenvalue weighted by Crippen LogP contribution is 2.24. The lowest BCUT2D eigenvalue weighted by Crippen LogP contribution is -2.22. The third kappa shape index (κ3) is 2.42. The summed E-state index contributed by atoms with van der Waals surface area (Å²) in [6.07, 6.45) is 0.908. The lowest BCUT2D eigenvalue weighted by molar-refractivity contribution is -0.138. The molecule has 0 saturated heterocycles. The molecule has 88 valence electrons. The summed E-state index contributed by atoms with van der Waals surface area (Å²) in [6, 6.07) is 4.07. The first-order valence-electron chi connectivity index (χ1n) is 5.54. The van der Waals surface area contributed by atoms with Crippen LogP contribution in [0.2, 0.25) is 0 Å². The van der Waals surface area contributed by atoms with Crippen LogP contribution in [0.4, 0.5) is 0 Å². The van der Waals surface area contributed by atoms with Gasteiger partial charge in [-0.25, -0.2) is 0 Å². The van der Waals surface area contributed by atoms with Crippen LogP contribution < -0.4 is 5.73 Å². The first-order chi connectivity index (χ1) is 7.51. The number of aryl methyl sites for hydroxylation is 2. The minimum atomic E-state index is -0.849. The maximum absolute atomic E-state index is 11.1. The van der Waals surface area contributed by atoms with Crippen molar-refractivity contribution < 1.29 is 9.90 Å². The van der Waals surface area contributed by atoms with Crippen LogP contribution >= 0.6 is 0 Å². The number of hydrogen-bond donors (Lipinski definition) is 2. The predicted octanol–water partition coefficient (Wildman–Crippen LogP) is 1.99. The number of nitrogens with two attached hydrogens (primary N) is 1. The van der Waals surface area contributed by atoms with Gasteiger partial charge in [-0.3, -0.25) is 4.79 Å². The van der Waals surface area contributed by atoms with E-state index in [1.54, 1.807) is 0 Å². The zero-order valence-corrected chi connectivity index (χ0v) is 10.1.